The van der Waals surface area contributed by atoms with Gasteiger partial charge in [-0.05, 0) is 92.0 Å². The Morgan fingerprint density at radius 2 is 1.64 bits per heavy atom. The van der Waals surface area contributed by atoms with Gasteiger partial charge in [0.2, 0.25) is 0 Å². The molecule has 4 rings (SSSR count). The highest BCUT2D eigenvalue weighted by atomic mass is 16.5. The van der Waals surface area contributed by atoms with Crippen LogP contribution in [0.2, 0.25) is 0 Å². The van der Waals surface area contributed by atoms with E-state index >= 15 is 0 Å². The number of rotatable bonds is 6. The second-order valence-corrected chi connectivity index (χ2v) is 11.4. The van der Waals surface area contributed by atoms with E-state index in [1.807, 2.05) is 0 Å². The Kier molecular flexibility index (Phi) is 7.33. The van der Waals surface area contributed by atoms with Gasteiger partial charge in [0, 0.05) is 18.2 Å². The first kappa shape index (κ1) is 24.1. The predicted octanol–water partition coefficient (Wildman–Crippen LogP) is 6.86. The van der Waals surface area contributed by atoms with E-state index in [2.05, 4.69) is 63.3 Å². The summed E-state index contributed by atoms with van der Waals surface area (Å²) in [4.78, 5) is 11.3. The standard InChI is InChI=1S/C29H41NO3/c1-19-17-27(33-23-15-11-21(12-16-23)29(2,3)4)26(25-8-6-5-7-24(19)25)18-30-22-13-9-20(10-14-22)28(31)32/h5-8,17,20-23,30H,9-16,18H2,1-4H3,(H,31,32). The van der Waals surface area contributed by atoms with Gasteiger partial charge < -0.3 is 15.2 Å². The summed E-state index contributed by atoms with van der Waals surface area (Å²) < 4.78 is 6.71. The molecule has 0 atom stereocenters. The van der Waals surface area contributed by atoms with Crippen LogP contribution in [-0.2, 0) is 11.3 Å². The monoisotopic (exact) mass is 451 g/mol. The van der Waals surface area contributed by atoms with E-state index in [0.29, 0.717) is 11.5 Å². The molecule has 180 valence electrons. The largest absolute Gasteiger partial charge is 0.490 e. The topological polar surface area (TPSA) is 58.6 Å². The van der Waals surface area contributed by atoms with Crippen molar-refractivity contribution < 1.29 is 14.6 Å². The molecular formula is C29H41NO3. The van der Waals surface area contributed by atoms with E-state index < -0.39 is 5.97 Å². The maximum Gasteiger partial charge on any atom is 0.306 e. The number of carboxylic acids is 1. The number of carboxylic acid groups (broad SMARTS) is 1. The average Bonchev–Trinajstić information content (AvgIpc) is 2.79. The fraction of sp³-hybridized carbons (Fsp3) is 0.621. The summed E-state index contributed by atoms with van der Waals surface area (Å²) in [5, 5.41) is 15.6. The minimum absolute atomic E-state index is 0.176. The zero-order chi connectivity index (χ0) is 23.6. The van der Waals surface area contributed by atoms with Gasteiger partial charge in [-0.25, -0.2) is 0 Å². The lowest BCUT2D eigenvalue weighted by Crippen LogP contribution is -2.35. The number of benzene rings is 2. The van der Waals surface area contributed by atoms with Gasteiger partial charge in [0.25, 0.3) is 0 Å². The quantitative estimate of drug-likeness (QED) is 0.503. The molecule has 0 aliphatic heterocycles. The van der Waals surface area contributed by atoms with Crippen LogP contribution in [0.1, 0.15) is 83.3 Å². The highest BCUT2D eigenvalue weighted by Gasteiger charge is 2.31. The van der Waals surface area contributed by atoms with Crippen LogP contribution in [0.15, 0.2) is 30.3 Å². The molecule has 2 fully saturated rings. The van der Waals surface area contributed by atoms with Crippen molar-refractivity contribution in [3.8, 4) is 5.75 Å². The normalized spacial score (nSPS) is 26.3. The van der Waals surface area contributed by atoms with Crippen LogP contribution in [0.3, 0.4) is 0 Å². The Balaban J connectivity index is 1.49. The zero-order valence-electron chi connectivity index (χ0n) is 20.8. The number of aliphatic carboxylic acids is 1. The lowest BCUT2D eigenvalue weighted by Gasteiger charge is -2.37. The van der Waals surface area contributed by atoms with Gasteiger partial charge in [0.05, 0.1) is 12.0 Å². The van der Waals surface area contributed by atoms with E-state index in [0.717, 1.165) is 56.7 Å². The van der Waals surface area contributed by atoms with Gasteiger partial charge in [-0.3, -0.25) is 4.79 Å². The van der Waals surface area contributed by atoms with Crippen molar-refractivity contribution in [3.05, 3.63) is 41.5 Å². The van der Waals surface area contributed by atoms with Crippen LogP contribution in [0.5, 0.6) is 5.75 Å². The maximum atomic E-state index is 11.3. The Labute approximate surface area is 199 Å². The third kappa shape index (κ3) is 5.71. The number of ether oxygens (including phenoxy) is 1. The van der Waals surface area contributed by atoms with E-state index in [9.17, 15) is 9.90 Å². The summed E-state index contributed by atoms with van der Waals surface area (Å²) in [6.07, 6.45) is 8.39. The summed E-state index contributed by atoms with van der Waals surface area (Å²) >= 11 is 0. The Hall–Kier alpha value is -2.07. The minimum atomic E-state index is -0.644. The summed E-state index contributed by atoms with van der Waals surface area (Å²) in [6, 6.07) is 11.2. The molecule has 2 aliphatic carbocycles. The fourth-order valence-corrected chi connectivity index (χ4v) is 5.89. The molecule has 0 unspecified atom stereocenters. The maximum absolute atomic E-state index is 11.3. The number of hydrogen-bond acceptors (Lipinski definition) is 3. The van der Waals surface area contributed by atoms with Crippen molar-refractivity contribution in [2.24, 2.45) is 17.3 Å². The van der Waals surface area contributed by atoms with Crippen molar-refractivity contribution in [3.63, 3.8) is 0 Å². The molecule has 0 bridgehead atoms. The Morgan fingerprint density at radius 3 is 2.24 bits per heavy atom. The van der Waals surface area contributed by atoms with Gasteiger partial charge in [0.15, 0.2) is 0 Å². The smallest absolute Gasteiger partial charge is 0.306 e. The molecule has 2 saturated carbocycles. The predicted molar refractivity (Wildman–Crippen MR) is 135 cm³/mol. The highest BCUT2D eigenvalue weighted by molar-refractivity contribution is 5.90. The van der Waals surface area contributed by atoms with Crippen LogP contribution >= 0.6 is 0 Å². The molecule has 0 spiro atoms. The molecule has 33 heavy (non-hydrogen) atoms. The van der Waals surface area contributed by atoms with Gasteiger partial charge in [-0.1, -0.05) is 45.0 Å². The molecule has 4 heteroatoms. The number of fused-ring (bicyclic) bond motifs is 1. The molecule has 0 aromatic heterocycles. The molecule has 0 radical (unpaired) electrons. The second kappa shape index (κ2) is 10.0. The summed E-state index contributed by atoms with van der Waals surface area (Å²) in [7, 11) is 0. The van der Waals surface area contributed by atoms with Crippen molar-refractivity contribution >= 4 is 16.7 Å². The molecular weight excluding hydrogens is 410 g/mol. The first-order chi connectivity index (χ1) is 15.7. The lowest BCUT2D eigenvalue weighted by molar-refractivity contribution is -0.142. The molecule has 0 heterocycles. The summed E-state index contributed by atoms with van der Waals surface area (Å²) in [5.74, 6) is 0.982. The van der Waals surface area contributed by atoms with E-state index in [1.54, 1.807) is 0 Å². The van der Waals surface area contributed by atoms with Gasteiger partial charge >= 0.3 is 5.97 Å². The highest BCUT2D eigenvalue weighted by Crippen LogP contribution is 2.40. The van der Waals surface area contributed by atoms with E-state index in [-0.39, 0.29) is 12.0 Å². The number of nitrogens with one attached hydrogen (secondary N) is 1. The number of hydrogen-bond donors (Lipinski definition) is 2. The molecule has 4 nitrogen and oxygen atoms in total. The van der Waals surface area contributed by atoms with Crippen molar-refractivity contribution in [2.75, 3.05) is 0 Å². The zero-order valence-corrected chi connectivity index (χ0v) is 20.8. The van der Waals surface area contributed by atoms with Crippen LogP contribution in [0.4, 0.5) is 0 Å². The molecule has 2 aromatic carbocycles. The Morgan fingerprint density at radius 1 is 1.00 bits per heavy atom. The molecule has 0 amide bonds. The molecule has 2 aliphatic rings. The van der Waals surface area contributed by atoms with Gasteiger partial charge in [-0.2, -0.15) is 0 Å². The molecule has 2 aromatic rings. The second-order valence-electron chi connectivity index (χ2n) is 11.4. The van der Waals surface area contributed by atoms with Crippen molar-refractivity contribution in [1.82, 2.24) is 5.32 Å². The van der Waals surface area contributed by atoms with Crippen molar-refractivity contribution in [1.29, 1.82) is 0 Å². The number of aryl methyl sites for hydroxylation is 1. The third-order valence-corrected chi connectivity index (χ3v) is 8.16. The average molecular weight is 452 g/mol. The summed E-state index contributed by atoms with van der Waals surface area (Å²) in [5.41, 5.74) is 2.88. The molecule has 2 N–H and O–H groups in total. The lowest BCUT2D eigenvalue weighted by atomic mass is 9.72. The first-order valence-corrected chi connectivity index (χ1v) is 12.9. The van der Waals surface area contributed by atoms with Crippen molar-refractivity contribution in [2.45, 2.75) is 97.8 Å². The van der Waals surface area contributed by atoms with E-state index in [1.165, 1.54) is 34.7 Å². The molecule has 0 saturated heterocycles. The van der Waals surface area contributed by atoms with Crippen LogP contribution in [-0.4, -0.2) is 23.2 Å². The Bertz CT molecular complexity index is 961. The minimum Gasteiger partial charge on any atom is -0.490 e. The SMILES string of the molecule is Cc1cc(OC2CCC(C(C)(C)C)CC2)c(CNC2CCC(C(=O)O)CC2)c2ccccc12. The number of carbonyl (C=O) groups is 1. The van der Waals surface area contributed by atoms with Gasteiger partial charge in [0.1, 0.15) is 5.75 Å². The fourth-order valence-electron chi connectivity index (χ4n) is 5.89. The summed E-state index contributed by atoms with van der Waals surface area (Å²) in [6.45, 7) is 10.0. The first-order valence-electron chi connectivity index (χ1n) is 12.9. The van der Waals surface area contributed by atoms with Crippen LogP contribution in [0.25, 0.3) is 10.8 Å². The van der Waals surface area contributed by atoms with Crippen LogP contribution in [0, 0.1) is 24.2 Å². The van der Waals surface area contributed by atoms with Crippen LogP contribution < -0.4 is 10.1 Å². The third-order valence-electron chi connectivity index (χ3n) is 8.16. The van der Waals surface area contributed by atoms with Gasteiger partial charge in [-0.15, -0.1) is 0 Å². The van der Waals surface area contributed by atoms with E-state index in [4.69, 9.17) is 4.74 Å².